The number of aryl methyl sites for hydroxylation is 2. The van der Waals surface area contributed by atoms with Crippen LogP contribution in [0.3, 0.4) is 0 Å². The zero-order valence-electron chi connectivity index (χ0n) is 12.6. The maximum Gasteiger partial charge on any atom is 0.139 e. The summed E-state index contributed by atoms with van der Waals surface area (Å²) < 4.78 is 5.76. The molecule has 5 heteroatoms. The third kappa shape index (κ3) is 3.04. The summed E-state index contributed by atoms with van der Waals surface area (Å²) >= 11 is 5.26. The maximum atomic E-state index is 5.96. The van der Waals surface area contributed by atoms with Gasteiger partial charge in [-0.3, -0.25) is 0 Å². The standard InChI is InChI=1S/C16H23N3OS/c1-2-12-10-19(7-8-20-12)16-13(15(17)21)9-11-5-3-4-6-14(11)18-16/h9,12H,2-8,10H2,1H3,(H2,17,21). The summed E-state index contributed by atoms with van der Waals surface area (Å²) in [4.78, 5) is 7.67. The number of hydrogen-bond donors (Lipinski definition) is 1. The van der Waals surface area contributed by atoms with Gasteiger partial charge in [0, 0.05) is 18.8 Å². The number of thiocarbonyl (C=S) groups is 1. The van der Waals surface area contributed by atoms with Gasteiger partial charge in [-0.1, -0.05) is 19.1 Å². The van der Waals surface area contributed by atoms with Crippen LogP contribution in [-0.4, -0.2) is 35.8 Å². The summed E-state index contributed by atoms with van der Waals surface area (Å²) in [6, 6.07) is 2.18. The molecule has 2 N–H and O–H groups in total. The molecular weight excluding hydrogens is 282 g/mol. The Kier molecular flexibility index (Phi) is 4.40. The summed E-state index contributed by atoms with van der Waals surface area (Å²) in [6.07, 6.45) is 5.92. The first kappa shape index (κ1) is 14.7. The lowest BCUT2D eigenvalue weighted by molar-refractivity contribution is 0.0381. The largest absolute Gasteiger partial charge is 0.389 e. The first-order valence-corrected chi connectivity index (χ1v) is 8.29. The molecule has 0 bridgehead atoms. The highest BCUT2D eigenvalue weighted by Crippen LogP contribution is 2.28. The van der Waals surface area contributed by atoms with Crippen molar-refractivity contribution in [2.75, 3.05) is 24.6 Å². The number of anilines is 1. The normalized spacial score (nSPS) is 22.0. The second-order valence-electron chi connectivity index (χ2n) is 5.88. The smallest absolute Gasteiger partial charge is 0.139 e. The quantitative estimate of drug-likeness (QED) is 0.868. The molecule has 0 saturated carbocycles. The zero-order chi connectivity index (χ0) is 14.8. The number of ether oxygens (including phenoxy) is 1. The first-order chi connectivity index (χ1) is 10.2. The highest BCUT2D eigenvalue weighted by atomic mass is 32.1. The van der Waals surface area contributed by atoms with Crippen LogP contribution in [-0.2, 0) is 17.6 Å². The van der Waals surface area contributed by atoms with Crippen molar-refractivity contribution in [3.05, 3.63) is 22.9 Å². The molecule has 1 aliphatic heterocycles. The number of morpholine rings is 1. The van der Waals surface area contributed by atoms with E-state index in [4.69, 9.17) is 27.7 Å². The minimum absolute atomic E-state index is 0.274. The first-order valence-electron chi connectivity index (χ1n) is 7.88. The summed E-state index contributed by atoms with van der Waals surface area (Å²) in [6.45, 7) is 4.63. The topological polar surface area (TPSA) is 51.4 Å². The number of rotatable bonds is 3. The van der Waals surface area contributed by atoms with Crippen LogP contribution in [0.4, 0.5) is 5.82 Å². The lowest BCUT2D eigenvalue weighted by Crippen LogP contribution is -2.43. The fourth-order valence-electron chi connectivity index (χ4n) is 3.20. The van der Waals surface area contributed by atoms with Crippen molar-refractivity contribution in [2.45, 2.75) is 45.1 Å². The number of pyridine rings is 1. The van der Waals surface area contributed by atoms with E-state index in [2.05, 4.69) is 17.9 Å². The maximum absolute atomic E-state index is 5.96. The number of nitrogens with zero attached hydrogens (tertiary/aromatic N) is 2. The Labute approximate surface area is 131 Å². The van der Waals surface area contributed by atoms with Crippen molar-refractivity contribution in [1.82, 2.24) is 4.98 Å². The zero-order valence-corrected chi connectivity index (χ0v) is 13.4. The molecule has 1 aromatic heterocycles. The van der Waals surface area contributed by atoms with Gasteiger partial charge in [0.1, 0.15) is 10.8 Å². The molecule has 1 fully saturated rings. The molecule has 21 heavy (non-hydrogen) atoms. The van der Waals surface area contributed by atoms with Crippen molar-refractivity contribution < 1.29 is 4.74 Å². The van der Waals surface area contributed by atoms with Gasteiger partial charge in [0.2, 0.25) is 0 Å². The van der Waals surface area contributed by atoms with Gasteiger partial charge in [0.15, 0.2) is 0 Å². The molecule has 0 aromatic carbocycles. The molecule has 1 saturated heterocycles. The predicted molar refractivity (Wildman–Crippen MR) is 89.0 cm³/mol. The molecule has 3 rings (SSSR count). The molecular formula is C16H23N3OS. The van der Waals surface area contributed by atoms with E-state index in [-0.39, 0.29) is 6.10 Å². The fraction of sp³-hybridized carbons (Fsp3) is 0.625. The van der Waals surface area contributed by atoms with E-state index in [1.807, 2.05) is 0 Å². The van der Waals surface area contributed by atoms with Crippen molar-refractivity contribution >= 4 is 23.0 Å². The molecule has 2 aliphatic rings. The Hall–Kier alpha value is -1.20. The fourth-order valence-corrected chi connectivity index (χ4v) is 3.35. The van der Waals surface area contributed by atoms with Crippen LogP contribution < -0.4 is 10.6 Å². The van der Waals surface area contributed by atoms with Gasteiger partial charge in [-0.2, -0.15) is 0 Å². The van der Waals surface area contributed by atoms with Gasteiger partial charge < -0.3 is 15.4 Å². The van der Waals surface area contributed by atoms with Gasteiger partial charge in [0.25, 0.3) is 0 Å². The molecule has 1 unspecified atom stereocenters. The summed E-state index contributed by atoms with van der Waals surface area (Å²) in [5.41, 5.74) is 9.45. The van der Waals surface area contributed by atoms with Gasteiger partial charge >= 0.3 is 0 Å². The van der Waals surface area contributed by atoms with Crippen molar-refractivity contribution in [1.29, 1.82) is 0 Å². The Balaban J connectivity index is 1.97. The lowest BCUT2D eigenvalue weighted by Gasteiger charge is -2.35. The number of nitrogens with two attached hydrogens (primary N) is 1. The minimum Gasteiger partial charge on any atom is -0.389 e. The predicted octanol–water partition coefficient (Wildman–Crippen LogP) is 2.21. The molecule has 4 nitrogen and oxygen atoms in total. The Morgan fingerprint density at radius 2 is 2.29 bits per heavy atom. The van der Waals surface area contributed by atoms with Crippen LogP contribution in [0.1, 0.15) is 43.0 Å². The van der Waals surface area contributed by atoms with E-state index in [0.29, 0.717) is 4.99 Å². The second-order valence-corrected chi connectivity index (χ2v) is 6.32. The van der Waals surface area contributed by atoms with Crippen LogP contribution in [0.15, 0.2) is 6.07 Å². The molecule has 0 amide bonds. The summed E-state index contributed by atoms with van der Waals surface area (Å²) in [5.74, 6) is 0.963. The Morgan fingerprint density at radius 1 is 1.48 bits per heavy atom. The van der Waals surface area contributed by atoms with Crippen LogP contribution in [0.5, 0.6) is 0 Å². The van der Waals surface area contributed by atoms with Crippen molar-refractivity contribution in [3.63, 3.8) is 0 Å². The van der Waals surface area contributed by atoms with Crippen LogP contribution in [0, 0.1) is 0 Å². The third-order valence-corrected chi connectivity index (χ3v) is 4.66. The van der Waals surface area contributed by atoms with Crippen LogP contribution in [0.25, 0.3) is 0 Å². The lowest BCUT2D eigenvalue weighted by atomic mass is 9.94. The number of aromatic nitrogens is 1. The van der Waals surface area contributed by atoms with Crippen LogP contribution >= 0.6 is 12.2 Å². The molecule has 1 aliphatic carbocycles. The molecule has 2 heterocycles. The van der Waals surface area contributed by atoms with Gasteiger partial charge in [0.05, 0.1) is 18.3 Å². The average Bonchev–Trinajstić information content (AvgIpc) is 2.53. The van der Waals surface area contributed by atoms with Crippen molar-refractivity contribution in [3.8, 4) is 0 Å². The summed E-state index contributed by atoms with van der Waals surface area (Å²) in [7, 11) is 0. The number of hydrogen-bond acceptors (Lipinski definition) is 4. The number of fused-ring (bicyclic) bond motifs is 1. The van der Waals surface area contributed by atoms with E-state index in [1.165, 1.54) is 24.1 Å². The van der Waals surface area contributed by atoms with E-state index < -0.39 is 0 Å². The monoisotopic (exact) mass is 305 g/mol. The van der Waals surface area contributed by atoms with Gasteiger partial charge in [-0.25, -0.2) is 4.98 Å². The van der Waals surface area contributed by atoms with E-state index in [0.717, 1.165) is 50.3 Å². The van der Waals surface area contributed by atoms with E-state index in [9.17, 15) is 0 Å². The van der Waals surface area contributed by atoms with Gasteiger partial charge in [-0.15, -0.1) is 0 Å². The second kappa shape index (κ2) is 6.28. The van der Waals surface area contributed by atoms with Crippen molar-refractivity contribution in [2.24, 2.45) is 5.73 Å². The molecule has 0 spiro atoms. The van der Waals surface area contributed by atoms with Crippen LogP contribution in [0.2, 0.25) is 0 Å². The highest BCUT2D eigenvalue weighted by molar-refractivity contribution is 7.80. The van der Waals surface area contributed by atoms with E-state index >= 15 is 0 Å². The molecule has 0 radical (unpaired) electrons. The third-order valence-electron chi connectivity index (χ3n) is 4.44. The molecule has 1 atom stereocenters. The SMILES string of the molecule is CCC1CN(c2nc3c(cc2C(N)=S)CCCC3)CCO1. The Bertz CT molecular complexity index is 547. The Morgan fingerprint density at radius 3 is 3.05 bits per heavy atom. The molecule has 1 aromatic rings. The van der Waals surface area contributed by atoms with Gasteiger partial charge in [-0.05, 0) is 43.7 Å². The highest BCUT2D eigenvalue weighted by Gasteiger charge is 2.25. The average molecular weight is 305 g/mol. The van der Waals surface area contributed by atoms with E-state index in [1.54, 1.807) is 0 Å². The minimum atomic E-state index is 0.274. The summed E-state index contributed by atoms with van der Waals surface area (Å²) in [5, 5.41) is 0. The molecule has 114 valence electrons.